The predicted molar refractivity (Wildman–Crippen MR) is 87.8 cm³/mol. The van der Waals surface area contributed by atoms with Gasteiger partial charge in [0, 0.05) is 22.2 Å². The Balaban J connectivity index is 2.01. The average molecular weight is 364 g/mol. The number of hydrogen-bond acceptors (Lipinski definition) is 4. The Morgan fingerprint density at radius 1 is 1.41 bits per heavy atom. The summed E-state index contributed by atoms with van der Waals surface area (Å²) in [4.78, 5) is 16.4. The summed E-state index contributed by atoms with van der Waals surface area (Å²) in [6, 6.07) is 7.92. The van der Waals surface area contributed by atoms with Crippen molar-refractivity contribution >= 4 is 32.7 Å². The molecule has 116 valence electrons. The standard InChI is InChI=1S/C17H18BrNO3/c1-2-22-17(21)14(20)9-13-11-5-3-4-6-12(11)15(18)16(19-13)10-7-8-10/h3-6,10,14,20H,2,7-9H2,1H3. The lowest BCUT2D eigenvalue weighted by Gasteiger charge is -2.14. The molecule has 1 saturated carbocycles. The van der Waals surface area contributed by atoms with Crippen LogP contribution in [0.4, 0.5) is 0 Å². The Hall–Kier alpha value is -1.46. The number of aliphatic hydroxyl groups is 1. The van der Waals surface area contributed by atoms with Gasteiger partial charge >= 0.3 is 5.97 Å². The average Bonchev–Trinajstić information content (AvgIpc) is 3.35. The molecule has 0 amide bonds. The lowest BCUT2D eigenvalue weighted by molar-refractivity contribution is -0.152. The summed E-state index contributed by atoms with van der Waals surface area (Å²) in [5.74, 6) is -0.110. The van der Waals surface area contributed by atoms with E-state index in [4.69, 9.17) is 9.72 Å². The van der Waals surface area contributed by atoms with Gasteiger partial charge in [-0.2, -0.15) is 0 Å². The van der Waals surface area contributed by atoms with Crippen LogP contribution in [0.1, 0.15) is 37.1 Å². The number of esters is 1. The summed E-state index contributed by atoms with van der Waals surface area (Å²) in [7, 11) is 0. The summed E-state index contributed by atoms with van der Waals surface area (Å²) in [5.41, 5.74) is 1.78. The molecule has 0 radical (unpaired) electrons. The minimum Gasteiger partial charge on any atom is -0.464 e. The van der Waals surface area contributed by atoms with Gasteiger partial charge in [0.2, 0.25) is 0 Å². The van der Waals surface area contributed by atoms with Crippen LogP contribution in [0.25, 0.3) is 10.8 Å². The van der Waals surface area contributed by atoms with E-state index in [9.17, 15) is 9.90 Å². The topological polar surface area (TPSA) is 59.4 Å². The van der Waals surface area contributed by atoms with E-state index in [1.54, 1.807) is 6.92 Å². The zero-order valence-electron chi connectivity index (χ0n) is 12.4. The van der Waals surface area contributed by atoms with Crippen LogP contribution in [0, 0.1) is 0 Å². The summed E-state index contributed by atoms with van der Waals surface area (Å²) in [5, 5.41) is 12.1. The summed E-state index contributed by atoms with van der Waals surface area (Å²) < 4.78 is 5.90. The van der Waals surface area contributed by atoms with E-state index in [1.807, 2.05) is 24.3 Å². The van der Waals surface area contributed by atoms with Crippen LogP contribution in [0.3, 0.4) is 0 Å². The maximum absolute atomic E-state index is 11.7. The van der Waals surface area contributed by atoms with Crippen molar-refractivity contribution in [1.29, 1.82) is 0 Å². The van der Waals surface area contributed by atoms with Gasteiger partial charge < -0.3 is 9.84 Å². The summed E-state index contributed by atoms with van der Waals surface area (Å²) in [6.07, 6.45) is 1.28. The highest BCUT2D eigenvalue weighted by Crippen LogP contribution is 2.44. The second-order valence-corrected chi connectivity index (χ2v) is 6.34. The first kappa shape index (κ1) is 15.4. The SMILES string of the molecule is CCOC(=O)C(O)Cc1nc(C2CC2)c(Br)c2ccccc12. The number of aromatic nitrogens is 1. The summed E-state index contributed by atoms with van der Waals surface area (Å²) in [6.45, 7) is 1.99. The van der Waals surface area contributed by atoms with Crippen LogP contribution >= 0.6 is 15.9 Å². The van der Waals surface area contributed by atoms with Crippen molar-refractivity contribution in [3.63, 3.8) is 0 Å². The number of halogens is 1. The molecule has 4 nitrogen and oxygen atoms in total. The van der Waals surface area contributed by atoms with Gasteiger partial charge in [-0.1, -0.05) is 24.3 Å². The normalized spacial score (nSPS) is 15.8. The van der Waals surface area contributed by atoms with Gasteiger partial charge in [-0.05, 0) is 41.1 Å². The number of carbonyl (C=O) groups is 1. The van der Waals surface area contributed by atoms with E-state index in [0.29, 0.717) is 5.92 Å². The van der Waals surface area contributed by atoms with Crippen molar-refractivity contribution in [3.8, 4) is 0 Å². The smallest absolute Gasteiger partial charge is 0.335 e. The molecular weight excluding hydrogens is 346 g/mol. The molecule has 1 atom stereocenters. The highest BCUT2D eigenvalue weighted by Gasteiger charge is 2.29. The van der Waals surface area contributed by atoms with Crippen LogP contribution in [-0.2, 0) is 16.0 Å². The van der Waals surface area contributed by atoms with Crippen molar-refractivity contribution in [2.45, 2.75) is 38.2 Å². The van der Waals surface area contributed by atoms with E-state index >= 15 is 0 Å². The van der Waals surface area contributed by atoms with Crippen LogP contribution in [0.15, 0.2) is 28.7 Å². The number of aliphatic hydroxyl groups excluding tert-OH is 1. The van der Waals surface area contributed by atoms with Gasteiger partial charge in [-0.15, -0.1) is 0 Å². The maximum atomic E-state index is 11.7. The quantitative estimate of drug-likeness (QED) is 0.827. The van der Waals surface area contributed by atoms with Crippen molar-refractivity contribution in [2.24, 2.45) is 0 Å². The molecule has 1 aromatic heterocycles. The molecule has 0 saturated heterocycles. The Labute approximate surface area is 137 Å². The molecule has 0 aliphatic heterocycles. The largest absolute Gasteiger partial charge is 0.464 e. The number of carbonyl (C=O) groups excluding carboxylic acids is 1. The van der Waals surface area contributed by atoms with Crippen LogP contribution in [0.5, 0.6) is 0 Å². The van der Waals surface area contributed by atoms with Crippen LogP contribution in [0.2, 0.25) is 0 Å². The molecule has 0 spiro atoms. The Bertz CT molecular complexity index is 712. The highest BCUT2D eigenvalue weighted by molar-refractivity contribution is 9.10. The Morgan fingerprint density at radius 2 is 2.09 bits per heavy atom. The fourth-order valence-corrected chi connectivity index (χ4v) is 3.36. The van der Waals surface area contributed by atoms with Crippen molar-refractivity contribution in [2.75, 3.05) is 6.61 Å². The molecule has 1 heterocycles. The number of pyridine rings is 1. The second kappa shape index (κ2) is 6.34. The third-order valence-corrected chi connectivity index (χ3v) is 4.70. The highest BCUT2D eigenvalue weighted by atomic mass is 79.9. The number of fused-ring (bicyclic) bond motifs is 1. The molecule has 1 aliphatic carbocycles. The van der Waals surface area contributed by atoms with E-state index in [1.165, 1.54) is 0 Å². The molecule has 5 heteroatoms. The molecule has 22 heavy (non-hydrogen) atoms. The lowest BCUT2D eigenvalue weighted by Crippen LogP contribution is -2.26. The number of nitrogens with zero attached hydrogens (tertiary/aromatic N) is 1. The Kier molecular flexibility index (Phi) is 4.45. The van der Waals surface area contributed by atoms with Gasteiger partial charge in [0.25, 0.3) is 0 Å². The van der Waals surface area contributed by atoms with Gasteiger partial charge in [0.05, 0.1) is 18.0 Å². The minimum atomic E-state index is -1.18. The Morgan fingerprint density at radius 3 is 2.73 bits per heavy atom. The number of ether oxygens (including phenoxy) is 1. The van der Waals surface area contributed by atoms with Crippen molar-refractivity contribution < 1.29 is 14.6 Å². The lowest BCUT2D eigenvalue weighted by atomic mass is 10.0. The van der Waals surface area contributed by atoms with E-state index in [-0.39, 0.29) is 13.0 Å². The first-order valence-electron chi connectivity index (χ1n) is 7.53. The fourth-order valence-electron chi connectivity index (χ4n) is 2.61. The van der Waals surface area contributed by atoms with Crippen LogP contribution in [-0.4, -0.2) is 28.8 Å². The molecule has 1 unspecified atom stereocenters. The molecule has 0 bridgehead atoms. The first-order chi connectivity index (χ1) is 10.6. The molecule has 3 rings (SSSR count). The van der Waals surface area contributed by atoms with E-state index < -0.39 is 12.1 Å². The number of benzene rings is 1. The van der Waals surface area contributed by atoms with Crippen LogP contribution < -0.4 is 0 Å². The minimum absolute atomic E-state index is 0.173. The number of rotatable bonds is 5. The molecular formula is C17H18BrNO3. The van der Waals surface area contributed by atoms with Gasteiger partial charge in [0.15, 0.2) is 6.10 Å². The molecule has 1 aromatic carbocycles. The monoisotopic (exact) mass is 363 g/mol. The number of hydrogen-bond donors (Lipinski definition) is 1. The molecule has 1 fully saturated rings. The molecule has 2 aromatic rings. The zero-order chi connectivity index (χ0) is 15.7. The zero-order valence-corrected chi connectivity index (χ0v) is 14.0. The van der Waals surface area contributed by atoms with Gasteiger partial charge in [-0.25, -0.2) is 4.79 Å². The van der Waals surface area contributed by atoms with E-state index in [2.05, 4.69) is 15.9 Å². The molecule has 1 aliphatic rings. The van der Waals surface area contributed by atoms with Crippen molar-refractivity contribution in [3.05, 3.63) is 40.1 Å². The third kappa shape index (κ3) is 3.01. The fraction of sp³-hybridized carbons (Fsp3) is 0.412. The summed E-state index contributed by atoms with van der Waals surface area (Å²) >= 11 is 3.66. The molecule has 1 N–H and O–H groups in total. The third-order valence-electron chi connectivity index (χ3n) is 3.86. The van der Waals surface area contributed by atoms with E-state index in [0.717, 1.165) is 39.5 Å². The first-order valence-corrected chi connectivity index (χ1v) is 8.32. The predicted octanol–water partition coefficient (Wildman–Crippen LogP) is 3.34. The van der Waals surface area contributed by atoms with Crippen molar-refractivity contribution in [1.82, 2.24) is 4.98 Å². The van der Waals surface area contributed by atoms with Gasteiger partial charge in [0.1, 0.15) is 0 Å². The second-order valence-electron chi connectivity index (χ2n) is 5.55. The maximum Gasteiger partial charge on any atom is 0.335 e. The van der Waals surface area contributed by atoms with Gasteiger partial charge in [-0.3, -0.25) is 4.98 Å².